The van der Waals surface area contributed by atoms with Gasteiger partial charge in [0.05, 0.1) is 11.4 Å². The summed E-state index contributed by atoms with van der Waals surface area (Å²) in [5, 5.41) is 7.25. The van der Waals surface area contributed by atoms with E-state index >= 15 is 0 Å². The van der Waals surface area contributed by atoms with Gasteiger partial charge in [0.2, 0.25) is 0 Å². The Labute approximate surface area is 118 Å². The molecule has 3 aromatic rings. The molecular weight excluding hydrogens is 246 g/mol. The Bertz CT molecular complexity index is 768. The van der Waals surface area contributed by atoms with Crippen molar-refractivity contribution in [3.05, 3.63) is 59.9 Å². The minimum Gasteiger partial charge on any atom is -0.327 e. The lowest BCUT2D eigenvalue weighted by atomic mass is 9.94. The number of hydrogen-bond donors (Lipinski definition) is 1. The molecule has 2 N–H and O–H groups in total. The van der Waals surface area contributed by atoms with E-state index < -0.39 is 0 Å². The number of nitrogens with zero attached hydrogens (tertiary/aromatic N) is 2. The van der Waals surface area contributed by atoms with Crippen LogP contribution in [0.3, 0.4) is 0 Å². The summed E-state index contributed by atoms with van der Waals surface area (Å²) in [6.07, 6.45) is 5.13. The van der Waals surface area contributed by atoms with Crippen LogP contribution in [0.25, 0.3) is 16.5 Å². The van der Waals surface area contributed by atoms with E-state index in [0.717, 1.165) is 24.9 Å². The van der Waals surface area contributed by atoms with Crippen LogP contribution in [0.1, 0.15) is 17.7 Å². The van der Waals surface area contributed by atoms with Crippen LogP contribution in [-0.4, -0.2) is 15.8 Å². The molecule has 0 radical (unpaired) electrons. The summed E-state index contributed by atoms with van der Waals surface area (Å²) in [6.45, 7) is 0. The zero-order valence-electron chi connectivity index (χ0n) is 11.3. The highest BCUT2D eigenvalue weighted by atomic mass is 15.3. The highest BCUT2D eigenvalue weighted by Gasteiger charge is 2.19. The van der Waals surface area contributed by atoms with Gasteiger partial charge in [0.15, 0.2) is 0 Å². The molecule has 100 valence electrons. The van der Waals surface area contributed by atoms with Crippen LogP contribution < -0.4 is 5.73 Å². The minimum absolute atomic E-state index is 0.285. The number of aromatic nitrogens is 2. The van der Waals surface area contributed by atoms with Crippen molar-refractivity contribution in [1.29, 1.82) is 0 Å². The van der Waals surface area contributed by atoms with Crippen molar-refractivity contribution >= 4 is 10.8 Å². The molecule has 0 amide bonds. The average Bonchev–Trinajstić information content (AvgIpc) is 2.89. The van der Waals surface area contributed by atoms with Gasteiger partial charge in [-0.15, -0.1) is 0 Å². The molecule has 20 heavy (non-hydrogen) atoms. The van der Waals surface area contributed by atoms with Gasteiger partial charge in [0.1, 0.15) is 0 Å². The lowest BCUT2D eigenvalue weighted by Crippen LogP contribution is -2.27. The van der Waals surface area contributed by atoms with Gasteiger partial charge in [0, 0.05) is 17.6 Å². The molecule has 1 aliphatic carbocycles. The first-order valence-corrected chi connectivity index (χ1v) is 7.12. The molecule has 3 heteroatoms. The van der Waals surface area contributed by atoms with Crippen LogP contribution in [0.5, 0.6) is 0 Å². The highest BCUT2D eigenvalue weighted by Crippen LogP contribution is 2.25. The van der Waals surface area contributed by atoms with E-state index in [2.05, 4.69) is 48.7 Å². The zero-order chi connectivity index (χ0) is 13.5. The zero-order valence-corrected chi connectivity index (χ0v) is 11.3. The van der Waals surface area contributed by atoms with Crippen molar-refractivity contribution < 1.29 is 0 Å². The highest BCUT2D eigenvalue weighted by molar-refractivity contribution is 5.89. The van der Waals surface area contributed by atoms with E-state index in [0.29, 0.717) is 0 Å². The lowest BCUT2D eigenvalue weighted by molar-refractivity contribution is 0.570. The Morgan fingerprint density at radius 3 is 2.90 bits per heavy atom. The van der Waals surface area contributed by atoms with Gasteiger partial charge in [-0.25, -0.2) is 4.68 Å². The topological polar surface area (TPSA) is 43.8 Å². The monoisotopic (exact) mass is 263 g/mol. The van der Waals surface area contributed by atoms with Crippen LogP contribution in [0.4, 0.5) is 0 Å². The molecule has 2 aromatic carbocycles. The summed E-state index contributed by atoms with van der Waals surface area (Å²) in [5.74, 6) is 0. The van der Waals surface area contributed by atoms with Crippen molar-refractivity contribution in [1.82, 2.24) is 9.78 Å². The van der Waals surface area contributed by atoms with E-state index in [4.69, 9.17) is 10.8 Å². The van der Waals surface area contributed by atoms with Crippen LogP contribution >= 0.6 is 0 Å². The summed E-state index contributed by atoms with van der Waals surface area (Å²) in [5.41, 5.74) is 9.71. The Morgan fingerprint density at radius 2 is 1.95 bits per heavy atom. The molecule has 1 atom stereocenters. The number of fused-ring (bicyclic) bond motifs is 2. The predicted molar refractivity (Wildman–Crippen MR) is 81.1 cm³/mol. The second-order valence-corrected chi connectivity index (χ2v) is 5.55. The summed E-state index contributed by atoms with van der Waals surface area (Å²) >= 11 is 0. The molecule has 1 aliphatic rings. The molecule has 0 bridgehead atoms. The first-order valence-electron chi connectivity index (χ1n) is 7.12. The van der Waals surface area contributed by atoms with E-state index in [-0.39, 0.29) is 6.04 Å². The van der Waals surface area contributed by atoms with Crippen molar-refractivity contribution in [2.24, 2.45) is 5.73 Å². The third kappa shape index (κ3) is 1.82. The summed E-state index contributed by atoms with van der Waals surface area (Å²) in [4.78, 5) is 0. The van der Waals surface area contributed by atoms with E-state index in [1.807, 2.05) is 4.68 Å². The molecule has 1 unspecified atom stereocenters. The molecule has 3 nitrogen and oxygen atoms in total. The van der Waals surface area contributed by atoms with Gasteiger partial charge in [-0.2, -0.15) is 5.10 Å². The SMILES string of the molecule is NC1CCc2nn(-c3cccc4ccccc34)cc2C1. The maximum atomic E-state index is 6.05. The maximum Gasteiger partial charge on any atom is 0.0724 e. The number of nitrogens with two attached hydrogens (primary N) is 1. The average molecular weight is 263 g/mol. The maximum absolute atomic E-state index is 6.05. The Morgan fingerprint density at radius 1 is 1.10 bits per heavy atom. The van der Waals surface area contributed by atoms with Gasteiger partial charge in [-0.1, -0.05) is 36.4 Å². The van der Waals surface area contributed by atoms with Gasteiger partial charge >= 0.3 is 0 Å². The molecule has 1 aromatic heterocycles. The normalized spacial score (nSPS) is 18.1. The van der Waals surface area contributed by atoms with E-state index in [1.165, 1.54) is 22.0 Å². The van der Waals surface area contributed by atoms with Gasteiger partial charge in [-0.05, 0) is 36.3 Å². The van der Waals surface area contributed by atoms with Crippen molar-refractivity contribution in [3.8, 4) is 5.69 Å². The molecule has 0 aliphatic heterocycles. The fourth-order valence-electron chi connectivity index (χ4n) is 3.06. The fraction of sp³-hybridized carbons (Fsp3) is 0.235. The molecule has 0 fully saturated rings. The predicted octanol–water partition coefficient (Wildman–Crippen LogP) is 2.84. The summed E-state index contributed by atoms with van der Waals surface area (Å²) in [7, 11) is 0. The lowest BCUT2D eigenvalue weighted by Gasteiger charge is -2.15. The van der Waals surface area contributed by atoms with Crippen LogP contribution in [0, 0.1) is 0 Å². The summed E-state index contributed by atoms with van der Waals surface area (Å²) < 4.78 is 2.02. The molecular formula is C17H17N3. The van der Waals surface area contributed by atoms with Crippen molar-refractivity contribution in [3.63, 3.8) is 0 Å². The Hall–Kier alpha value is -2.13. The number of aryl methyl sites for hydroxylation is 1. The first-order chi connectivity index (χ1) is 9.81. The van der Waals surface area contributed by atoms with Crippen molar-refractivity contribution in [2.75, 3.05) is 0 Å². The molecule has 0 spiro atoms. The smallest absolute Gasteiger partial charge is 0.0724 e. The number of hydrogen-bond acceptors (Lipinski definition) is 2. The Balaban J connectivity index is 1.88. The molecule has 0 saturated heterocycles. The third-order valence-electron chi connectivity index (χ3n) is 4.12. The van der Waals surface area contributed by atoms with Crippen LogP contribution in [0.2, 0.25) is 0 Å². The van der Waals surface area contributed by atoms with Crippen molar-refractivity contribution in [2.45, 2.75) is 25.3 Å². The third-order valence-corrected chi connectivity index (χ3v) is 4.12. The largest absolute Gasteiger partial charge is 0.327 e. The van der Waals surface area contributed by atoms with Crippen LogP contribution in [0.15, 0.2) is 48.7 Å². The first kappa shape index (κ1) is 11.7. The Kier molecular flexibility index (Phi) is 2.60. The minimum atomic E-state index is 0.285. The summed E-state index contributed by atoms with van der Waals surface area (Å²) in [6, 6.07) is 15.1. The fourth-order valence-corrected chi connectivity index (χ4v) is 3.06. The van der Waals surface area contributed by atoms with Gasteiger partial charge in [0.25, 0.3) is 0 Å². The number of rotatable bonds is 1. The van der Waals surface area contributed by atoms with E-state index in [1.54, 1.807) is 0 Å². The van der Waals surface area contributed by atoms with Gasteiger partial charge < -0.3 is 5.73 Å². The molecule has 4 rings (SSSR count). The quantitative estimate of drug-likeness (QED) is 0.733. The second kappa shape index (κ2) is 4.46. The standard InChI is InChI=1S/C17H17N3/c18-14-8-9-16-13(10-14)11-20(19-16)17-7-3-5-12-4-1-2-6-15(12)17/h1-7,11,14H,8-10,18H2. The second-order valence-electron chi connectivity index (χ2n) is 5.55. The van der Waals surface area contributed by atoms with Crippen LogP contribution in [-0.2, 0) is 12.8 Å². The van der Waals surface area contributed by atoms with Gasteiger partial charge in [-0.3, -0.25) is 0 Å². The molecule has 0 saturated carbocycles. The number of benzene rings is 2. The molecule has 1 heterocycles. The van der Waals surface area contributed by atoms with E-state index in [9.17, 15) is 0 Å².